The van der Waals surface area contributed by atoms with Crippen molar-refractivity contribution in [2.75, 3.05) is 13.1 Å². The van der Waals surface area contributed by atoms with Crippen LogP contribution in [-0.4, -0.2) is 29.1 Å². The average Bonchev–Trinajstić information content (AvgIpc) is 2.86. The van der Waals surface area contributed by atoms with Gasteiger partial charge in [-0.1, -0.05) is 0 Å². The monoisotopic (exact) mass is 301 g/mol. The zero-order valence-electron chi connectivity index (χ0n) is 9.56. The maximum absolute atomic E-state index is 10.5. The van der Waals surface area contributed by atoms with Crippen LogP contribution in [0.1, 0.15) is 25.0 Å². The molecule has 4 nitrogen and oxygen atoms in total. The van der Waals surface area contributed by atoms with Crippen LogP contribution in [0.4, 0.5) is 0 Å². The topological polar surface area (TPSA) is 53.7 Å². The normalized spacial score (nSPS) is 20.9. The molecule has 0 radical (unpaired) electrons. The fourth-order valence-corrected chi connectivity index (χ4v) is 2.62. The maximum Gasteiger partial charge on any atom is 0.303 e. The van der Waals surface area contributed by atoms with Crippen molar-refractivity contribution in [2.45, 2.75) is 25.8 Å². The van der Waals surface area contributed by atoms with Gasteiger partial charge in [-0.2, -0.15) is 0 Å². The number of furan rings is 1. The molecule has 1 aromatic heterocycles. The lowest BCUT2D eigenvalue weighted by molar-refractivity contribution is -0.137. The molecule has 0 saturated carbocycles. The molecular formula is C12H16BrNO3. The Bertz CT molecular complexity index is 391. The summed E-state index contributed by atoms with van der Waals surface area (Å²) in [6.07, 6.45) is 2.16. The van der Waals surface area contributed by atoms with Gasteiger partial charge in [-0.05, 0) is 53.4 Å². The summed E-state index contributed by atoms with van der Waals surface area (Å²) >= 11 is 3.28. The molecule has 1 aromatic rings. The number of carboxylic acids is 1. The molecule has 0 bridgehead atoms. The highest BCUT2D eigenvalue weighted by atomic mass is 79.9. The van der Waals surface area contributed by atoms with E-state index in [4.69, 9.17) is 9.52 Å². The Labute approximate surface area is 109 Å². The minimum absolute atomic E-state index is 0.283. The second-order valence-electron chi connectivity index (χ2n) is 4.53. The predicted molar refractivity (Wildman–Crippen MR) is 66.7 cm³/mol. The van der Waals surface area contributed by atoms with E-state index in [9.17, 15) is 4.79 Å². The van der Waals surface area contributed by atoms with E-state index in [2.05, 4.69) is 20.8 Å². The summed E-state index contributed by atoms with van der Waals surface area (Å²) < 4.78 is 6.22. The molecule has 2 heterocycles. The van der Waals surface area contributed by atoms with Crippen LogP contribution < -0.4 is 0 Å². The summed E-state index contributed by atoms with van der Waals surface area (Å²) in [5, 5.41) is 8.64. The number of carbonyl (C=O) groups is 1. The first-order chi connectivity index (χ1) is 8.13. The molecule has 94 valence electrons. The first kappa shape index (κ1) is 12.6. The summed E-state index contributed by atoms with van der Waals surface area (Å²) in [4.78, 5) is 12.8. The van der Waals surface area contributed by atoms with Gasteiger partial charge < -0.3 is 9.52 Å². The van der Waals surface area contributed by atoms with Gasteiger partial charge in [0.25, 0.3) is 0 Å². The van der Waals surface area contributed by atoms with Gasteiger partial charge in [0.1, 0.15) is 5.76 Å². The lowest BCUT2D eigenvalue weighted by Gasteiger charge is -2.13. The zero-order valence-corrected chi connectivity index (χ0v) is 11.1. The van der Waals surface area contributed by atoms with Crippen LogP contribution in [0.3, 0.4) is 0 Å². The van der Waals surface area contributed by atoms with Crippen molar-refractivity contribution in [3.8, 4) is 0 Å². The molecular weight excluding hydrogens is 286 g/mol. The van der Waals surface area contributed by atoms with Gasteiger partial charge in [0.05, 0.1) is 6.54 Å². The number of rotatable bonds is 5. The van der Waals surface area contributed by atoms with E-state index < -0.39 is 5.97 Å². The molecule has 1 aliphatic rings. The van der Waals surface area contributed by atoms with Crippen LogP contribution >= 0.6 is 15.9 Å². The number of hydrogen-bond donors (Lipinski definition) is 1. The summed E-state index contributed by atoms with van der Waals surface area (Å²) in [5.41, 5.74) is 0. The highest BCUT2D eigenvalue weighted by molar-refractivity contribution is 9.10. The molecule has 17 heavy (non-hydrogen) atoms. The second-order valence-corrected chi connectivity index (χ2v) is 5.31. The highest BCUT2D eigenvalue weighted by Gasteiger charge is 2.23. The molecule has 0 aromatic carbocycles. The maximum atomic E-state index is 10.5. The van der Waals surface area contributed by atoms with Crippen LogP contribution in [0.2, 0.25) is 0 Å². The number of halogens is 1. The molecule has 0 aliphatic carbocycles. The van der Waals surface area contributed by atoms with Crippen molar-refractivity contribution in [2.24, 2.45) is 5.92 Å². The molecule has 0 amide bonds. The minimum atomic E-state index is -0.696. The fraction of sp³-hybridized carbons (Fsp3) is 0.583. The van der Waals surface area contributed by atoms with Gasteiger partial charge in [0.15, 0.2) is 4.67 Å². The quantitative estimate of drug-likeness (QED) is 0.908. The van der Waals surface area contributed by atoms with E-state index in [0.29, 0.717) is 5.92 Å². The van der Waals surface area contributed by atoms with Crippen LogP contribution in [0.15, 0.2) is 21.2 Å². The molecule has 0 spiro atoms. The average molecular weight is 302 g/mol. The Balaban J connectivity index is 1.76. The standard InChI is InChI=1S/C12H16BrNO3/c13-11-3-2-10(17-11)8-14-6-5-9(7-14)1-4-12(15)16/h2-3,9H,1,4-8H2,(H,15,16). The van der Waals surface area contributed by atoms with E-state index in [1.165, 1.54) is 0 Å². The van der Waals surface area contributed by atoms with Gasteiger partial charge in [0, 0.05) is 13.0 Å². The van der Waals surface area contributed by atoms with Gasteiger partial charge in [-0.15, -0.1) is 0 Å². The van der Waals surface area contributed by atoms with Gasteiger partial charge >= 0.3 is 5.97 Å². The van der Waals surface area contributed by atoms with Crippen molar-refractivity contribution in [1.29, 1.82) is 0 Å². The SMILES string of the molecule is O=C(O)CCC1CCN(Cc2ccc(Br)o2)C1. The smallest absolute Gasteiger partial charge is 0.303 e. The number of likely N-dealkylation sites (tertiary alicyclic amines) is 1. The van der Waals surface area contributed by atoms with Crippen LogP contribution in [-0.2, 0) is 11.3 Å². The molecule has 1 unspecified atom stereocenters. The Morgan fingerprint density at radius 3 is 3.06 bits per heavy atom. The third-order valence-electron chi connectivity index (χ3n) is 3.14. The first-order valence-electron chi connectivity index (χ1n) is 5.82. The second kappa shape index (κ2) is 5.69. The zero-order chi connectivity index (χ0) is 12.3. The van der Waals surface area contributed by atoms with E-state index in [0.717, 1.165) is 42.9 Å². The van der Waals surface area contributed by atoms with Crippen molar-refractivity contribution >= 4 is 21.9 Å². The molecule has 1 fully saturated rings. The molecule has 1 atom stereocenters. The number of nitrogens with zero attached hydrogens (tertiary/aromatic N) is 1. The van der Waals surface area contributed by atoms with Crippen molar-refractivity contribution in [3.63, 3.8) is 0 Å². The van der Waals surface area contributed by atoms with Crippen molar-refractivity contribution < 1.29 is 14.3 Å². The highest BCUT2D eigenvalue weighted by Crippen LogP contribution is 2.24. The third-order valence-corrected chi connectivity index (χ3v) is 3.57. The fourth-order valence-electron chi connectivity index (χ4n) is 2.28. The predicted octanol–water partition coefficient (Wildman–Crippen LogP) is 2.73. The Morgan fingerprint density at radius 1 is 1.59 bits per heavy atom. The summed E-state index contributed by atoms with van der Waals surface area (Å²) in [7, 11) is 0. The molecule has 1 saturated heterocycles. The first-order valence-corrected chi connectivity index (χ1v) is 6.61. The number of carboxylic acid groups (broad SMARTS) is 1. The van der Waals surface area contributed by atoms with Crippen molar-refractivity contribution in [3.05, 3.63) is 22.6 Å². The van der Waals surface area contributed by atoms with Crippen LogP contribution in [0.25, 0.3) is 0 Å². The van der Waals surface area contributed by atoms with E-state index in [1.54, 1.807) is 0 Å². The molecule has 2 rings (SSSR count). The summed E-state index contributed by atoms with van der Waals surface area (Å²) in [6.45, 7) is 2.82. The van der Waals surface area contributed by atoms with Gasteiger partial charge in [0.2, 0.25) is 0 Å². The largest absolute Gasteiger partial charge is 0.481 e. The Kier molecular flexibility index (Phi) is 4.23. The van der Waals surface area contributed by atoms with Gasteiger partial charge in [-0.25, -0.2) is 0 Å². The Hall–Kier alpha value is -0.810. The molecule has 1 N–H and O–H groups in total. The van der Waals surface area contributed by atoms with E-state index in [-0.39, 0.29) is 6.42 Å². The Morgan fingerprint density at radius 2 is 2.41 bits per heavy atom. The van der Waals surface area contributed by atoms with E-state index in [1.807, 2.05) is 12.1 Å². The summed E-state index contributed by atoms with van der Waals surface area (Å²) in [6, 6.07) is 3.86. The van der Waals surface area contributed by atoms with Gasteiger partial charge in [-0.3, -0.25) is 9.69 Å². The lowest BCUT2D eigenvalue weighted by atomic mass is 10.0. The summed E-state index contributed by atoms with van der Waals surface area (Å²) in [5.74, 6) is 0.777. The minimum Gasteiger partial charge on any atom is -0.481 e. The molecule has 1 aliphatic heterocycles. The number of hydrogen-bond acceptors (Lipinski definition) is 3. The van der Waals surface area contributed by atoms with Crippen molar-refractivity contribution in [1.82, 2.24) is 4.90 Å². The third kappa shape index (κ3) is 3.85. The molecule has 5 heteroatoms. The van der Waals surface area contributed by atoms with Crippen LogP contribution in [0.5, 0.6) is 0 Å². The van der Waals surface area contributed by atoms with E-state index >= 15 is 0 Å². The lowest BCUT2D eigenvalue weighted by Crippen LogP contribution is -2.20. The van der Waals surface area contributed by atoms with Crippen LogP contribution in [0, 0.1) is 5.92 Å². The number of aliphatic carboxylic acids is 1.